The monoisotopic (exact) mass is 670 g/mol. The summed E-state index contributed by atoms with van der Waals surface area (Å²) in [7, 11) is 0. The van der Waals surface area contributed by atoms with E-state index in [4.69, 9.17) is 0 Å². The van der Waals surface area contributed by atoms with Gasteiger partial charge >= 0.3 is 0 Å². The Kier molecular flexibility index (Phi) is 10.6. The van der Waals surface area contributed by atoms with Crippen molar-refractivity contribution in [1.29, 1.82) is 0 Å². The Morgan fingerprint density at radius 3 is 2.41 bits per heavy atom. The molecule has 49 heavy (non-hydrogen) atoms. The normalized spacial score (nSPS) is 26.1. The number of hydrogen-bond acceptors (Lipinski definition) is 6. The van der Waals surface area contributed by atoms with Crippen LogP contribution in [0.5, 0.6) is 0 Å². The SMILES string of the molecule is C[C@@H]1NC(=O)[C@@H]2C[C@@H](O)CN2C(=O)[C@@H](Cc2c[nH]c3ccccc23)NC(=O)CN(C(=O)CCC2CCCC2)C[C@@H](c2ccccc2)NC1=O. The van der Waals surface area contributed by atoms with E-state index in [1.165, 1.54) is 9.80 Å². The van der Waals surface area contributed by atoms with E-state index < -0.39 is 53.9 Å². The zero-order valence-electron chi connectivity index (χ0n) is 27.9. The maximum atomic E-state index is 14.3. The first-order chi connectivity index (χ1) is 23.7. The lowest BCUT2D eigenvalue weighted by Crippen LogP contribution is -2.56. The molecule has 2 saturated heterocycles. The minimum absolute atomic E-state index is 0.00439. The van der Waals surface area contributed by atoms with E-state index in [2.05, 4.69) is 20.9 Å². The fourth-order valence-corrected chi connectivity index (χ4v) is 7.49. The Labute approximate surface area is 286 Å². The molecule has 12 nitrogen and oxygen atoms in total. The van der Waals surface area contributed by atoms with E-state index in [1.807, 2.05) is 54.6 Å². The fourth-order valence-electron chi connectivity index (χ4n) is 7.49. The van der Waals surface area contributed by atoms with Crippen LogP contribution in [0.3, 0.4) is 0 Å². The third kappa shape index (κ3) is 8.13. The Morgan fingerprint density at radius 1 is 0.898 bits per heavy atom. The van der Waals surface area contributed by atoms with Gasteiger partial charge in [0.05, 0.1) is 18.7 Å². The van der Waals surface area contributed by atoms with Crippen molar-refractivity contribution >= 4 is 40.4 Å². The smallest absolute Gasteiger partial charge is 0.246 e. The van der Waals surface area contributed by atoms with Crippen LogP contribution >= 0.6 is 0 Å². The third-order valence-electron chi connectivity index (χ3n) is 10.2. The first-order valence-corrected chi connectivity index (χ1v) is 17.4. The van der Waals surface area contributed by atoms with Gasteiger partial charge in [0.2, 0.25) is 29.5 Å². The number of carbonyl (C=O) groups is 5. The van der Waals surface area contributed by atoms with Gasteiger partial charge in [-0.25, -0.2) is 0 Å². The minimum Gasteiger partial charge on any atom is -0.391 e. The van der Waals surface area contributed by atoms with Crippen molar-refractivity contribution < 1.29 is 29.1 Å². The van der Waals surface area contributed by atoms with Crippen LogP contribution < -0.4 is 16.0 Å². The summed E-state index contributed by atoms with van der Waals surface area (Å²) in [5.74, 6) is -1.84. The highest BCUT2D eigenvalue weighted by Gasteiger charge is 2.42. The molecular weight excluding hydrogens is 624 g/mol. The summed E-state index contributed by atoms with van der Waals surface area (Å²) in [5.41, 5.74) is 2.41. The molecule has 0 radical (unpaired) electrons. The lowest BCUT2D eigenvalue weighted by Gasteiger charge is -2.30. The summed E-state index contributed by atoms with van der Waals surface area (Å²) in [6, 6.07) is 13.1. The van der Waals surface area contributed by atoms with Crippen molar-refractivity contribution in [3.8, 4) is 0 Å². The molecule has 5 amide bonds. The van der Waals surface area contributed by atoms with Crippen LogP contribution in [0, 0.1) is 5.92 Å². The van der Waals surface area contributed by atoms with Gasteiger partial charge in [0.25, 0.3) is 0 Å². The second kappa shape index (κ2) is 15.2. The van der Waals surface area contributed by atoms with Crippen molar-refractivity contribution in [2.75, 3.05) is 19.6 Å². The number of aromatic nitrogens is 1. The number of fused-ring (bicyclic) bond motifs is 2. The molecule has 12 heteroatoms. The lowest BCUT2D eigenvalue weighted by atomic mass is 10.0. The molecule has 1 aliphatic carbocycles. The first kappa shape index (κ1) is 34.2. The van der Waals surface area contributed by atoms with Crippen LogP contribution in [-0.2, 0) is 30.4 Å². The number of benzene rings is 2. The van der Waals surface area contributed by atoms with Gasteiger partial charge in [0, 0.05) is 49.5 Å². The Hall–Kier alpha value is -4.71. The molecule has 2 aliphatic heterocycles. The zero-order valence-corrected chi connectivity index (χ0v) is 27.9. The van der Waals surface area contributed by atoms with Gasteiger partial charge in [-0.15, -0.1) is 0 Å². The predicted molar refractivity (Wildman–Crippen MR) is 183 cm³/mol. The summed E-state index contributed by atoms with van der Waals surface area (Å²) < 4.78 is 0. The first-order valence-electron chi connectivity index (χ1n) is 17.4. The number of nitrogens with one attached hydrogen (secondary N) is 4. The molecule has 0 unspecified atom stereocenters. The highest BCUT2D eigenvalue weighted by atomic mass is 16.3. The molecule has 0 bridgehead atoms. The number of aliphatic hydroxyl groups is 1. The second-order valence-corrected chi connectivity index (χ2v) is 13.7. The topological polar surface area (TPSA) is 164 Å². The number of hydrogen-bond donors (Lipinski definition) is 5. The number of H-pyrrole nitrogens is 1. The average Bonchev–Trinajstić information content (AvgIpc) is 3.86. The number of nitrogens with zero attached hydrogens (tertiary/aromatic N) is 2. The average molecular weight is 671 g/mol. The van der Waals surface area contributed by atoms with Gasteiger partial charge in [0.1, 0.15) is 18.1 Å². The van der Waals surface area contributed by atoms with Crippen molar-refractivity contribution in [3.63, 3.8) is 0 Å². The maximum Gasteiger partial charge on any atom is 0.246 e. The van der Waals surface area contributed by atoms with Crippen LogP contribution in [0.1, 0.15) is 69.0 Å². The fraction of sp³-hybridized carbons (Fsp3) is 0.486. The minimum atomic E-state index is -1.09. The van der Waals surface area contributed by atoms with Gasteiger partial charge in [-0.2, -0.15) is 0 Å². The third-order valence-corrected chi connectivity index (χ3v) is 10.2. The number of aromatic amines is 1. The van der Waals surface area contributed by atoms with E-state index in [0.717, 1.165) is 54.1 Å². The molecule has 5 N–H and O–H groups in total. The molecule has 3 aromatic rings. The Morgan fingerprint density at radius 2 is 1.63 bits per heavy atom. The van der Waals surface area contributed by atoms with E-state index in [-0.39, 0.29) is 44.8 Å². The number of aliphatic hydroxyl groups excluding tert-OH is 1. The van der Waals surface area contributed by atoms with Crippen molar-refractivity contribution in [2.24, 2.45) is 5.92 Å². The Balaban J connectivity index is 1.34. The van der Waals surface area contributed by atoms with E-state index in [1.54, 1.807) is 13.1 Å². The number of para-hydroxylation sites is 1. The van der Waals surface area contributed by atoms with Gasteiger partial charge in [-0.05, 0) is 36.5 Å². The van der Waals surface area contributed by atoms with Gasteiger partial charge < -0.3 is 35.8 Å². The Bertz CT molecular complexity index is 1670. The van der Waals surface area contributed by atoms with E-state index in [9.17, 15) is 29.1 Å². The summed E-state index contributed by atoms with van der Waals surface area (Å²) >= 11 is 0. The van der Waals surface area contributed by atoms with E-state index in [0.29, 0.717) is 5.92 Å². The molecule has 5 atom stereocenters. The molecule has 1 aromatic heterocycles. The summed E-state index contributed by atoms with van der Waals surface area (Å²) in [6.07, 6.45) is 6.43. The molecule has 260 valence electrons. The van der Waals surface area contributed by atoms with Crippen LogP contribution in [0.15, 0.2) is 60.8 Å². The molecule has 3 fully saturated rings. The van der Waals surface area contributed by atoms with Gasteiger partial charge in [-0.3, -0.25) is 24.0 Å². The second-order valence-electron chi connectivity index (χ2n) is 13.7. The van der Waals surface area contributed by atoms with Crippen molar-refractivity contribution in [2.45, 2.75) is 88.6 Å². The zero-order chi connectivity index (χ0) is 34.5. The van der Waals surface area contributed by atoms with Crippen molar-refractivity contribution in [3.05, 3.63) is 71.9 Å². The molecule has 2 aromatic carbocycles. The van der Waals surface area contributed by atoms with E-state index >= 15 is 0 Å². The van der Waals surface area contributed by atoms with Crippen LogP contribution in [0.4, 0.5) is 0 Å². The molecular formula is C37H46N6O6. The van der Waals surface area contributed by atoms with Crippen LogP contribution in [-0.4, -0.2) is 93.3 Å². The molecule has 0 spiro atoms. The van der Waals surface area contributed by atoms with Gasteiger partial charge in [0.15, 0.2) is 0 Å². The van der Waals surface area contributed by atoms with Crippen molar-refractivity contribution in [1.82, 2.24) is 30.7 Å². The summed E-state index contributed by atoms with van der Waals surface area (Å²) in [4.78, 5) is 75.1. The maximum absolute atomic E-state index is 14.3. The highest BCUT2D eigenvalue weighted by Crippen LogP contribution is 2.29. The van der Waals surface area contributed by atoms with Gasteiger partial charge in [-0.1, -0.05) is 74.2 Å². The highest BCUT2D eigenvalue weighted by molar-refractivity contribution is 5.96. The number of rotatable bonds is 6. The van der Waals surface area contributed by atoms with Crippen LogP contribution in [0.25, 0.3) is 10.9 Å². The molecule has 3 heterocycles. The van der Waals surface area contributed by atoms with Crippen LogP contribution in [0.2, 0.25) is 0 Å². The molecule has 6 rings (SSSR count). The number of carbonyl (C=O) groups excluding carboxylic acids is 5. The summed E-state index contributed by atoms with van der Waals surface area (Å²) in [5, 5.41) is 20.1. The largest absolute Gasteiger partial charge is 0.391 e. The quantitative estimate of drug-likeness (QED) is 0.270. The molecule has 1 saturated carbocycles. The standard InChI is InChI=1S/C37H46N6O6/c1-23-35(47)41-31(25-11-3-2-4-12-25)21-42(34(46)16-15-24-9-5-6-10-24)22-33(45)40-30(17-26-19-38-29-14-8-7-13-28(26)29)37(49)43-20-27(44)18-32(43)36(48)39-23/h2-4,7-8,11-14,19,23-24,27,30-32,38,44H,5-6,9-10,15-18,20-22H2,1H3,(H,39,48)(H,40,45)(H,41,47)/t23-,27+,30+,31-,32-/m0/s1. The number of amides is 5. The summed E-state index contributed by atoms with van der Waals surface area (Å²) in [6.45, 7) is 1.16. The molecule has 3 aliphatic rings. The lowest BCUT2D eigenvalue weighted by molar-refractivity contribution is -0.142. The predicted octanol–water partition coefficient (Wildman–Crippen LogP) is 2.33.